The number of ether oxygens (including phenoxy) is 1. The molecule has 2 amide bonds. The maximum Gasteiger partial charge on any atom is 0.308 e. The van der Waals surface area contributed by atoms with Crippen molar-refractivity contribution >= 4 is 17.8 Å². The van der Waals surface area contributed by atoms with Crippen LogP contribution in [0, 0.1) is 29.1 Å². The maximum absolute atomic E-state index is 13.1. The molecule has 4 rings (SSSR count). The molecule has 4 bridgehead atoms. The fourth-order valence-corrected chi connectivity index (χ4v) is 5.68. The summed E-state index contributed by atoms with van der Waals surface area (Å²) in [5, 5.41) is 2.88. The van der Waals surface area contributed by atoms with E-state index in [4.69, 9.17) is 10.5 Å². The molecule has 4 saturated carbocycles. The molecule has 6 nitrogen and oxygen atoms in total. The van der Waals surface area contributed by atoms with Gasteiger partial charge in [0.15, 0.2) is 0 Å². The Hall–Kier alpha value is -1.59. The average Bonchev–Trinajstić information content (AvgIpc) is 2.52. The molecule has 4 aliphatic carbocycles. The molecule has 0 aromatic rings. The van der Waals surface area contributed by atoms with Gasteiger partial charge in [-0.25, -0.2) is 0 Å². The first-order valence-corrected chi connectivity index (χ1v) is 9.60. The summed E-state index contributed by atoms with van der Waals surface area (Å²) in [6, 6.07) is -0.820. The lowest BCUT2D eigenvalue weighted by atomic mass is 9.49. The number of hydrogen-bond acceptors (Lipinski definition) is 4. The van der Waals surface area contributed by atoms with E-state index in [-0.39, 0.29) is 23.7 Å². The second-order valence-corrected chi connectivity index (χ2v) is 8.52. The minimum Gasteiger partial charge on any atom is -0.466 e. The van der Waals surface area contributed by atoms with Crippen LogP contribution in [0.15, 0.2) is 0 Å². The molecule has 0 heterocycles. The Morgan fingerprint density at radius 1 is 1.12 bits per heavy atom. The summed E-state index contributed by atoms with van der Waals surface area (Å²) in [4.78, 5) is 36.7. The van der Waals surface area contributed by atoms with E-state index in [0.29, 0.717) is 24.4 Å². The van der Waals surface area contributed by atoms with E-state index < -0.39 is 17.9 Å². The van der Waals surface area contributed by atoms with Gasteiger partial charge in [-0.3, -0.25) is 14.4 Å². The van der Waals surface area contributed by atoms with E-state index in [0.717, 1.165) is 19.3 Å². The third-order valence-electron chi connectivity index (χ3n) is 6.45. The first-order valence-electron chi connectivity index (χ1n) is 9.60. The highest BCUT2D eigenvalue weighted by Crippen LogP contribution is 2.60. The van der Waals surface area contributed by atoms with Crippen LogP contribution >= 0.6 is 0 Å². The molecule has 2 atom stereocenters. The lowest BCUT2D eigenvalue weighted by molar-refractivity contribution is -0.151. The van der Waals surface area contributed by atoms with Crippen LogP contribution in [0.25, 0.3) is 0 Å². The van der Waals surface area contributed by atoms with Gasteiger partial charge in [0.1, 0.15) is 6.04 Å². The van der Waals surface area contributed by atoms with Crippen LogP contribution in [0.3, 0.4) is 0 Å². The number of nitrogens with one attached hydrogen (secondary N) is 1. The summed E-state index contributed by atoms with van der Waals surface area (Å²) in [7, 11) is 0. The SMILES string of the molecule is CCOC(=O)[C@H](C)C[C@@H](NC(=O)C12CC3CC(CC(C3)C1)C2)C(N)=O. The number of carbonyl (C=O) groups excluding carboxylic acids is 3. The van der Waals surface area contributed by atoms with Crippen molar-refractivity contribution in [2.75, 3.05) is 6.61 Å². The number of rotatable bonds is 7. The summed E-state index contributed by atoms with van der Waals surface area (Å²) in [6.45, 7) is 3.74. The van der Waals surface area contributed by atoms with Gasteiger partial charge in [0.05, 0.1) is 12.5 Å². The van der Waals surface area contributed by atoms with Crippen LogP contribution in [0.5, 0.6) is 0 Å². The molecule has 4 aliphatic rings. The highest BCUT2D eigenvalue weighted by atomic mass is 16.5. The molecule has 3 N–H and O–H groups in total. The van der Waals surface area contributed by atoms with Crippen molar-refractivity contribution in [2.45, 2.75) is 64.8 Å². The van der Waals surface area contributed by atoms with E-state index in [1.807, 2.05) is 0 Å². The van der Waals surface area contributed by atoms with Crippen LogP contribution < -0.4 is 11.1 Å². The van der Waals surface area contributed by atoms with Crippen molar-refractivity contribution < 1.29 is 19.1 Å². The normalized spacial score (nSPS) is 35.0. The summed E-state index contributed by atoms with van der Waals surface area (Å²) < 4.78 is 4.99. The summed E-state index contributed by atoms with van der Waals surface area (Å²) in [5.41, 5.74) is 5.17. The van der Waals surface area contributed by atoms with E-state index in [1.165, 1.54) is 19.3 Å². The van der Waals surface area contributed by atoms with Gasteiger partial charge in [-0.15, -0.1) is 0 Å². The molecule has 0 radical (unpaired) electrons. The number of hydrogen-bond donors (Lipinski definition) is 2. The zero-order valence-corrected chi connectivity index (χ0v) is 15.3. The quantitative estimate of drug-likeness (QED) is 0.684. The van der Waals surface area contributed by atoms with Gasteiger partial charge in [0.2, 0.25) is 11.8 Å². The van der Waals surface area contributed by atoms with Gasteiger partial charge >= 0.3 is 5.97 Å². The molecule has 0 aromatic carbocycles. The Morgan fingerprint density at radius 3 is 2.08 bits per heavy atom. The van der Waals surface area contributed by atoms with E-state index in [2.05, 4.69) is 5.32 Å². The van der Waals surface area contributed by atoms with Crippen LogP contribution in [0.2, 0.25) is 0 Å². The van der Waals surface area contributed by atoms with Crippen molar-refractivity contribution in [2.24, 2.45) is 34.8 Å². The Morgan fingerprint density at radius 2 is 1.64 bits per heavy atom. The standard InChI is InChI=1S/C19H30N2O4/c1-3-25-17(23)11(2)4-15(16(20)22)21-18(24)19-8-12-5-13(9-19)7-14(6-12)10-19/h11-15H,3-10H2,1-2H3,(H2,20,22)(H,21,24)/t11-,12?,13?,14?,15-,19?/m1/s1. The first-order chi connectivity index (χ1) is 11.8. The monoisotopic (exact) mass is 350 g/mol. The average molecular weight is 350 g/mol. The molecule has 0 aliphatic heterocycles. The molecular weight excluding hydrogens is 320 g/mol. The van der Waals surface area contributed by atoms with Gasteiger partial charge in [0.25, 0.3) is 0 Å². The molecule has 4 fully saturated rings. The predicted octanol–water partition coefficient (Wildman–Crippen LogP) is 1.76. The highest BCUT2D eigenvalue weighted by Gasteiger charge is 2.54. The van der Waals surface area contributed by atoms with Gasteiger partial charge in [-0.05, 0) is 69.6 Å². The number of esters is 1. The van der Waals surface area contributed by atoms with E-state index in [1.54, 1.807) is 13.8 Å². The molecule has 0 saturated heterocycles. The maximum atomic E-state index is 13.1. The highest BCUT2D eigenvalue weighted by molar-refractivity contribution is 5.90. The lowest BCUT2D eigenvalue weighted by Gasteiger charge is -2.55. The predicted molar refractivity (Wildman–Crippen MR) is 92.1 cm³/mol. The van der Waals surface area contributed by atoms with E-state index in [9.17, 15) is 14.4 Å². The largest absolute Gasteiger partial charge is 0.466 e. The van der Waals surface area contributed by atoms with Crippen LogP contribution in [-0.4, -0.2) is 30.4 Å². The number of carbonyl (C=O) groups is 3. The number of primary amides is 1. The van der Waals surface area contributed by atoms with Gasteiger partial charge in [-0.2, -0.15) is 0 Å². The summed E-state index contributed by atoms with van der Waals surface area (Å²) in [6.07, 6.45) is 6.76. The Kier molecular flexibility index (Phi) is 5.07. The molecule has 0 spiro atoms. The first kappa shape index (κ1) is 18.2. The van der Waals surface area contributed by atoms with Crippen molar-refractivity contribution in [3.8, 4) is 0 Å². The number of amides is 2. The minimum atomic E-state index is -0.820. The number of nitrogens with two attached hydrogens (primary N) is 1. The molecule has 0 unspecified atom stereocenters. The van der Waals surface area contributed by atoms with Crippen LogP contribution in [0.1, 0.15) is 58.8 Å². The molecule has 25 heavy (non-hydrogen) atoms. The smallest absolute Gasteiger partial charge is 0.308 e. The molecular formula is C19H30N2O4. The summed E-state index contributed by atoms with van der Waals surface area (Å²) in [5.74, 6) is 0.500. The summed E-state index contributed by atoms with van der Waals surface area (Å²) >= 11 is 0. The van der Waals surface area contributed by atoms with Gasteiger partial charge in [0, 0.05) is 5.41 Å². The van der Waals surface area contributed by atoms with E-state index >= 15 is 0 Å². The molecule has 0 aromatic heterocycles. The Balaban J connectivity index is 1.65. The van der Waals surface area contributed by atoms with Crippen LogP contribution in [0.4, 0.5) is 0 Å². The zero-order chi connectivity index (χ0) is 18.2. The third kappa shape index (κ3) is 3.67. The fraction of sp³-hybridized carbons (Fsp3) is 0.842. The van der Waals surface area contributed by atoms with Crippen molar-refractivity contribution in [1.29, 1.82) is 0 Å². The Labute approximate surface area is 149 Å². The van der Waals surface area contributed by atoms with Gasteiger partial charge in [-0.1, -0.05) is 6.92 Å². The Bertz CT molecular complexity index is 524. The molecule has 6 heteroatoms. The van der Waals surface area contributed by atoms with Gasteiger partial charge < -0.3 is 15.8 Å². The minimum absolute atomic E-state index is 0.0357. The second-order valence-electron chi connectivity index (χ2n) is 8.52. The zero-order valence-electron chi connectivity index (χ0n) is 15.3. The second kappa shape index (κ2) is 6.96. The van der Waals surface area contributed by atoms with Crippen molar-refractivity contribution in [3.05, 3.63) is 0 Å². The van der Waals surface area contributed by atoms with Crippen LogP contribution in [-0.2, 0) is 19.1 Å². The van der Waals surface area contributed by atoms with Crippen molar-refractivity contribution in [1.82, 2.24) is 5.32 Å². The fourth-order valence-electron chi connectivity index (χ4n) is 5.68. The lowest BCUT2D eigenvalue weighted by Crippen LogP contribution is -2.57. The third-order valence-corrected chi connectivity index (χ3v) is 6.45. The topological polar surface area (TPSA) is 98.5 Å². The molecule has 140 valence electrons. The van der Waals surface area contributed by atoms with Crippen molar-refractivity contribution in [3.63, 3.8) is 0 Å².